The summed E-state index contributed by atoms with van der Waals surface area (Å²) >= 11 is 0. The fraction of sp³-hybridized carbons (Fsp3) is 0.250. The van der Waals surface area contributed by atoms with E-state index in [2.05, 4.69) is 4.98 Å². The second kappa shape index (κ2) is 6.16. The molecule has 2 rings (SSSR count). The molecule has 1 aromatic carbocycles. The zero-order chi connectivity index (χ0) is 17.2. The number of alkyl halides is 3. The van der Waals surface area contributed by atoms with Gasteiger partial charge >= 0.3 is 6.18 Å². The topological polar surface area (TPSA) is 60.1 Å². The van der Waals surface area contributed by atoms with E-state index in [1.54, 1.807) is 31.0 Å². The van der Waals surface area contributed by atoms with Crippen molar-refractivity contribution in [2.75, 3.05) is 11.9 Å². The van der Waals surface area contributed by atoms with Crippen LogP contribution < -0.4 is 4.90 Å². The van der Waals surface area contributed by atoms with Crippen LogP contribution in [0.1, 0.15) is 29.7 Å². The first-order chi connectivity index (χ1) is 10.7. The zero-order valence-corrected chi connectivity index (χ0v) is 12.5. The second-order valence-corrected chi connectivity index (χ2v) is 5.08. The number of rotatable bonds is 3. The average molecular weight is 321 g/mol. The maximum atomic E-state index is 13.0. The fourth-order valence-electron chi connectivity index (χ4n) is 2.17. The molecule has 1 N–H and O–H groups in total. The molecule has 1 aromatic heterocycles. The normalized spacial score (nSPS) is 12.5. The highest BCUT2D eigenvalue weighted by molar-refractivity contribution is 5.50. The second-order valence-electron chi connectivity index (χ2n) is 5.08. The number of hydrogen-bond acceptors (Lipinski definition) is 4. The molecule has 0 amide bonds. The van der Waals surface area contributed by atoms with Gasteiger partial charge in [-0.05, 0) is 30.7 Å². The maximum Gasteiger partial charge on any atom is 0.417 e. The van der Waals surface area contributed by atoms with Gasteiger partial charge in [-0.3, -0.25) is 0 Å². The van der Waals surface area contributed by atoms with E-state index in [1.165, 1.54) is 18.2 Å². The Labute approximate surface area is 131 Å². The van der Waals surface area contributed by atoms with E-state index in [9.17, 15) is 18.3 Å². The number of phenolic OH excluding ortho intramolecular Hbond substituents is 1. The summed E-state index contributed by atoms with van der Waals surface area (Å²) in [6.07, 6.45) is -3.71. The summed E-state index contributed by atoms with van der Waals surface area (Å²) in [7, 11) is 1.60. The van der Waals surface area contributed by atoms with Crippen molar-refractivity contribution in [1.82, 2.24) is 4.98 Å². The highest BCUT2D eigenvalue weighted by atomic mass is 19.4. The van der Waals surface area contributed by atoms with E-state index < -0.39 is 17.3 Å². The van der Waals surface area contributed by atoms with Gasteiger partial charge in [0.05, 0.1) is 17.2 Å². The Kier molecular flexibility index (Phi) is 4.45. The van der Waals surface area contributed by atoms with Crippen molar-refractivity contribution < 1.29 is 18.3 Å². The number of benzene rings is 1. The molecule has 1 atom stereocenters. The Morgan fingerprint density at radius 3 is 2.57 bits per heavy atom. The average Bonchev–Trinajstić information content (AvgIpc) is 2.52. The molecule has 120 valence electrons. The van der Waals surface area contributed by atoms with Crippen molar-refractivity contribution in [2.24, 2.45) is 0 Å². The van der Waals surface area contributed by atoms with E-state index in [-0.39, 0.29) is 17.6 Å². The summed E-state index contributed by atoms with van der Waals surface area (Å²) < 4.78 is 39.1. The summed E-state index contributed by atoms with van der Waals surface area (Å²) in [6.45, 7) is 1.78. The Bertz CT molecular complexity index is 753. The number of nitrogens with zero attached hydrogens (tertiary/aromatic N) is 3. The Morgan fingerprint density at radius 2 is 2.00 bits per heavy atom. The third-order valence-corrected chi connectivity index (χ3v) is 3.61. The molecule has 0 aliphatic carbocycles. The molecule has 1 heterocycles. The van der Waals surface area contributed by atoms with Gasteiger partial charge in [-0.15, -0.1) is 0 Å². The number of halogens is 3. The number of aromatic nitrogens is 1. The zero-order valence-electron chi connectivity index (χ0n) is 12.5. The molecule has 0 aliphatic rings. The fourth-order valence-corrected chi connectivity index (χ4v) is 2.17. The highest BCUT2D eigenvalue weighted by Crippen LogP contribution is 2.34. The SMILES string of the molecule is CC(c1cccc(O)c1)N(C)c1cc(C(F)(F)F)c(C#N)cn1. The number of hydrogen-bond donors (Lipinski definition) is 1. The van der Waals surface area contributed by atoms with Crippen molar-refractivity contribution in [2.45, 2.75) is 19.1 Å². The Morgan fingerprint density at radius 1 is 1.30 bits per heavy atom. The van der Waals surface area contributed by atoms with Gasteiger partial charge in [-0.2, -0.15) is 18.4 Å². The van der Waals surface area contributed by atoms with Gasteiger partial charge in [0.15, 0.2) is 0 Å². The minimum Gasteiger partial charge on any atom is -0.508 e. The van der Waals surface area contributed by atoms with Crippen LogP contribution in [0, 0.1) is 11.3 Å². The molecule has 2 aromatic rings. The van der Waals surface area contributed by atoms with Gasteiger partial charge in [-0.1, -0.05) is 12.1 Å². The van der Waals surface area contributed by atoms with Crippen LogP contribution in [0.2, 0.25) is 0 Å². The molecule has 0 fully saturated rings. The van der Waals surface area contributed by atoms with E-state index in [4.69, 9.17) is 5.26 Å². The number of aromatic hydroxyl groups is 1. The minimum atomic E-state index is -4.63. The maximum absolute atomic E-state index is 13.0. The van der Waals surface area contributed by atoms with Gasteiger partial charge in [0, 0.05) is 13.2 Å². The Balaban J connectivity index is 2.40. The van der Waals surface area contributed by atoms with Crippen LogP contribution in [0.25, 0.3) is 0 Å². The van der Waals surface area contributed by atoms with Crippen LogP contribution in [0.15, 0.2) is 36.5 Å². The van der Waals surface area contributed by atoms with Crippen molar-refractivity contribution in [3.63, 3.8) is 0 Å². The van der Waals surface area contributed by atoms with Crippen LogP contribution >= 0.6 is 0 Å². The van der Waals surface area contributed by atoms with E-state index in [0.717, 1.165) is 17.8 Å². The summed E-state index contributed by atoms with van der Waals surface area (Å²) in [5.74, 6) is 0.165. The van der Waals surface area contributed by atoms with Crippen molar-refractivity contribution in [3.05, 3.63) is 53.2 Å². The number of nitriles is 1. The van der Waals surface area contributed by atoms with Gasteiger partial charge in [0.2, 0.25) is 0 Å². The van der Waals surface area contributed by atoms with Gasteiger partial charge in [0.25, 0.3) is 0 Å². The quantitative estimate of drug-likeness (QED) is 0.932. The van der Waals surface area contributed by atoms with Gasteiger partial charge in [0.1, 0.15) is 17.6 Å². The lowest BCUT2D eigenvalue weighted by atomic mass is 10.1. The van der Waals surface area contributed by atoms with Crippen LogP contribution in [0.4, 0.5) is 19.0 Å². The predicted molar refractivity (Wildman–Crippen MR) is 78.9 cm³/mol. The largest absolute Gasteiger partial charge is 0.508 e. The summed E-state index contributed by atoms with van der Waals surface area (Å²) in [6, 6.07) is 8.51. The molecule has 7 heteroatoms. The first-order valence-electron chi connectivity index (χ1n) is 6.73. The highest BCUT2D eigenvalue weighted by Gasteiger charge is 2.34. The van der Waals surface area contributed by atoms with Gasteiger partial charge < -0.3 is 10.0 Å². The third kappa shape index (κ3) is 3.54. The smallest absolute Gasteiger partial charge is 0.417 e. The Hall–Kier alpha value is -2.75. The number of phenols is 1. The van der Waals surface area contributed by atoms with Gasteiger partial charge in [-0.25, -0.2) is 4.98 Å². The van der Waals surface area contributed by atoms with Crippen molar-refractivity contribution in [3.8, 4) is 11.8 Å². The van der Waals surface area contributed by atoms with Crippen molar-refractivity contribution >= 4 is 5.82 Å². The summed E-state index contributed by atoms with van der Waals surface area (Å²) in [4.78, 5) is 5.48. The first kappa shape index (κ1) is 16.6. The molecule has 0 spiro atoms. The van der Waals surface area contributed by atoms with E-state index in [0.29, 0.717) is 0 Å². The lowest BCUT2D eigenvalue weighted by Gasteiger charge is -2.27. The molecule has 1 unspecified atom stereocenters. The number of pyridine rings is 1. The lowest BCUT2D eigenvalue weighted by Crippen LogP contribution is -2.23. The van der Waals surface area contributed by atoms with E-state index in [1.807, 2.05) is 0 Å². The lowest BCUT2D eigenvalue weighted by molar-refractivity contribution is -0.137. The third-order valence-electron chi connectivity index (χ3n) is 3.61. The standard InChI is InChI=1S/C16H14F3N3O/c1-10(11-4-3-5-13(23)6-11)22(2)15-7-14(16(17,18)19)12(8-20)9-21-15/h3-7,9-10,23H,1-2H3. The molecular formula is C16H14F3N3O. The summed E-state index contributed by atoms with van der Waals surface area (Å²) in [5.41, 5.74) is -0.799. The minimum absolute atomic E-state index is 0.0755. The van der Waals surface area contributed by atoms with Crippen LogP contribution in [-0.2, 0) is 6.18 Å². The monoisotopic (exact) mass is 321 g/mol. The molecule has 0 saturated heterocycles. The molecule has 0 aliphatic heterocycles. The first-order valence-corrected chi connectivity index (χ1v) is 6.73. The van der Waals surface area contributed by atoms with Crippen LogP contribution in [0.5, 0.6) is 5.75 Å². The predicted octanol–water partition coefficient (Wildman–Crippen LogP) is 3.88. The van der Waals surface area contributed by atoms with Crippen molar-refractivity contribution in [1.29, 1.82) is 5.26 Å². The van der Waals surface area contributed by atoms with Crippen LogP contribution in [0.3, 0.4) is 0 Å². The molecular weight excluding hydrogens is 307 g/mol. The molecule has 23 heavy (non-hydrogen) atoms. The summed E-state index contributed by atoms with van der Waals surface area (Å²) in [5, 5.41) is 18.3. The molecule has 4 nitrogen and oxygen atoms in total. The molecule has 0 radical (unpaired) electrons. The van der Waals surface area contributed by atoms with Crippen LogP contribution in [-0.4, -0.2) is 17.1 Å². The van der Waals surface area contributed by atoms with E-state index >= 15 is 0 Å². The molecule has 0 saturated carbocycles. The molecule has 0 bridgehead atoms. The number of anilines is 1.